The van der Waals surface area contributed by atoms with E-state index in [1.54, 1.807) is 42.1 Å². The lowest BCUT2D eigenvalue weighted by atomic mass is 10.3. The summed E-state index contributed by atoms with van der Waals surface area (Å²) in [6.45, 7) is 0. The van der Waals surface area contributed by atoms with Crippen LogP contribution < -0.4 is 15.1 Å². The number of phenolic OH excluding ortho intramolecular Hbond substituents is 1. The second-order valence-electron chi connectivity index (χ2n) is 4.45. The first-order chi connectivity index (χ1) is 9.52. The van der Waals surface area contributed by atoms with Crippen molar-refractivity contribution in [1.29, 1.82) is 0 Å². The number of aromatic hydroxyl groups is 1. The molecule has 0 spiro atoms. The zero-order chi connectivity index (χ0) is 14.7. The summed E-state index contributed by atoms with van der Waals surface area (Å²) >= 11 is 0. The molecule has 0 bridgehead atoms. The summed E-state index contributed by atoms with van der Waals surface area (Å²) in [5, 5.41) is 12.8. The normalized spacial score (nSPS) is 10.2. The number of anilines is 4. The third-order valence-corrected chi connectivity index (χ3v) is 2.78. The van der Waals surface area contributed by atoms with Gasteiger partial charge in [-0.2, -0.15) is 15.0 Å². The van der Waals surface area contributed by atoms with Gasteiger partial charge >= 0.3 is 0 Å². The Morgan fingerprint density at radius 2 is 1.65 bits per heavy atom. The number of nitrogens with zero attached hydrogens (tertiary/aromatic N) is 5. The van der Waals surface area contributed by atoms with Gasteiger partial charge in [-0.05, 0) is 12.1 Å². The van der Waals surface area contributed by atoms with E-state index in [0.29, 0.717) is 23.5 Å². The topological polar surface area (TPSA) is 77.4 Å². The van der Waals surface area contributed by atoms with Gasteiger partial charge in [0.25, 0.3) is 0 Å². The molecule has 1 aromatic carbocycles. The number of rotatable bonds is 4. The molecule has 0 aliphatic heterocycles. The number of benzene rings is 1. The van der Waals surface area contributed by atoms with E-state index in [0.717, 1.165) is 0 Å². The number of para-hydroxylation sites is 2. The molecule has 0 amide bonds. The van der Waals surface area contributed by atoms with Crippen molar-refractivity contribution in [2.24, 2.45) is 0 Å². The third kappa shape index (κ3) is 2.71. The van der Waals surface area contributed by atoms with Gasteiger partial charge in [0.1, 0.15) is 5.75 Å². The van der Waals surface area contributed by atoms with Gasteiger partial charge in [-0.15, -0.1) is 0 Å². The van der Waals surface area contributed by atoms with Crippen molar-refractivity contribution in [3.05, 3.63) is 24.3 Å². The minimum absolute atomic E-state index is 0.174. The molecular weight excluding hydrogens is 256 g/mol. The van der Waals surface area contributed by atoms with E-state index >= 15 is 0 Å². The van der Waals surface area contributed by atoms with Crippen LogP contribution in [0.5, 0.6) is 5.75 Å². The van der Waals surface area contributed by atoms with Gasteiger partial charge in [0.05, 0.1) is 5.69 Å². The number of hydrogen-bond acceptors (Lipinski definition) is 7. The third-order valence-electron chi connectivity index (χ3n) is 2.78. The predicted molar refractivity (Wildman–Crippen MR) is 79.9 cm³/mol. The SMILES string of the molecule is CNc1nc(N(C)C)nc(N(C)c2ccccc2O)n1. The molecule has 0 fully saturated rings. The lowest BCUT2D eigenvalue weighted by molar-refractivity contribution is 0.476. The van der Waals surface area contributed by atoms with Crippen molar-refractivity contribution < 1.29 is 5.11 Å². The number of nitrogens with one attached hydrogen (secondary N) is 1. The Morgan fingerprint density at radius 3 is 2.25 bits per heavy atom. The second kappa shape index (κ2) is 5.60. The lowest BCUT2D eigenvalue weighted by Crippen LogP contribution is -2.19. The van der Waals surface area contributed by atoms with Crippen LogP contribution in [0.4, 0.5) is 23.5 Å². The van der Waals surface area contributed by atoms with Crippen LogP contribution in [0.3, 0.4) is 0 Å². The highest BCUT2D eigenvalue weighted by atomic mass is 16.3. The summed E-state index contributed by atoms with van der Waals surface area (Å²) in [5.74, 6) is 1.64. The van der Waals surface area contributed by atoms with E-state index < -0.39 is 0 Å². The van der Waals surface area contributed by atoms with E-state index in [4.69, 9.17) is 0 Å². The van der Waals surface area contributed by atoms with E-state index in [1.165, 1.54) is 0 Å². The Morgan fingerprint density at radius 1 is 1.00 bits per heavy atom. The largest absolute Gasteiger partial charge is 0.506 e. The molecule has 0 saturated carbocycles. The Balaban J connectivity index is 2.46. The molecule has 1 heterocycles. The Labute approximate surface area is 117 Å². The molecule has 7 heteroatoms. The molecule has 0 unspecified atom stereocenters. The van der Waals surface area contributed by atoms with Gasteiger partial charge in [0.15, 0.2) is 0 Å². The first-order valence-electron chi connectivity index (χ1n) is 6.16. The maximum Gasteiger partial charge on any atom is 0.236 e. The van der Waals surface area contributed by atoms with Crippen LogP contribution in [-0.2, 0) is 0 Å². The average molecular weight is 274 g/mol. The molecule has 2 rings (SSSR count). The molecule has 0 saturated heterocycles. The fraction of sp³-hybridized carbons (Fsp3) is 0.308. The zero-order valence-corrected chi connectivity index (χ0v) is 12.0. The van der Waals surface area contributed by atoms with Crippen molar-refractivity contribution in [1.82, 2.24) is 15.0 Å². The summed E-state index contributed by atoms with van der Waals surface area (Å²) in [6, 6.07) is 7.04. The summed E-state index contributed by atoms with van der Waals surface area (Å²) in [6.07, 6.45) is 0. The molecule has 2 aromatic rings. The van der Waals surface area contributed by atoms with Gasteiger partial charge in [-0.25, -0.2) is 0 Å². The molecule has 0 radical (unpaired) electrons. The average Bonchev–Trinajstić information content (AvgIpc) is 2.46. The molecule has 0 atom stereocenters. The van der Waals surface area contributed by atoms with E-state index in [9.17, 15) is 5.11 Å². The van der Waals surface area contributed by atoms with Crippen molar-refractivity contribution >= 4 is 23.5 Å². The summed E-state index contributed by atoms with van der Waals surface area (Å²) < 4.78 is 0. The van der Waals surface area contributed by atoms with E-state index in [-0.39, 0.29) is 5.75 Å². The maximum atomic E-state index is 9.91. The second-order valence-corrected chi connectivity index (χ2v) is 4.45. The minimum atomic E-state index is 0.174. The highest BCUT2D eigenvalue weighted by molar-refractivity contribution is 5.65. The lowest BCUT2D eigenvalue weighted by Gasteiger charge is -2.20. The van der Waals surface area contributed by atoms with Gasteiger partial charge < -0.3 is 20.2 Å². The number of aromatic nitrogens is 3. The Hall–Kier alpha value is -2.57. The van der Waals surface area contributed by atoms with Crippen LogP contribution in [0.15, 0.2) is 24.3 Å². The quantitative estimate of drug-likeness (QED) is 0.873. The standard InChI is InChI=1S/C13H18N6O/c1-14-11-15-12(18(2)3)17-13(16-11)19(4)9-7-5-6-8-10(9)20/h5-8,20H,1-4H3,(H,14,15,16,17). The molecule has 7 nitrogen and oxygen atoms in total. The van der Waals surface area contributed by atoms with Crippen LogP contribution in [0.25, 0.3) is 0 Å². The predicted octanol–water partition coefficient (Wildman–Crippen LogP) is 1.45. The van der Waals surface area contributed by atoms with Crippen LogP contribution in [0.1, 0.15) is 0 Å². The van der Waals surface area contributed by atoms with Crippen molar-refractivity contribution in [2.45, 2.75) is 0 Å². The Kier molecular flexibility index (Phi) is 3.88. The molecule has 20 heavy (non-hydrogen) atoms. The summed E-state index contributed by atoms with van der Waals surface area (Å²) in [5.41, 5.74) is 0.630. The highest BCUT2D eigenvalue weighted by Crippen LogP contribution is 2.30. The molecule has 0 aliphatic carbocycles. The fourth-order valence-electron chi connectivity index (χ4n) is 1.67. The van der Waals surface area contributed by atoms with Crippen molar-refractivity contribution in [2.75, 3.05) is 43.3 Å². The molecule has 106 valence electrons. The van der Waals surface area contributed by atoms with Crippen molar-refractivity contribution in [3.63, 3.8) is 0 Å². The Bertz CT molecular complexity index is 601. The summed E-state index contributed by atoms with van der Waals surface area (Å²) in [7, 11) is 7.26. The number of phenols is 1. The summed E-state index contributed by atoms with van der Waals surface area (Å²) in [4.78, 5) is 16.4. The molecule has 2 N–H and O–H groups in total. The molecule has 1 aromatic heterocycles. The maximum absolute atomic E-state index is 9.91. The van der Waals surface area contributed by atoms with Gasteiger partial charge in [0.2, 0.25) is 17.8 Å². The highest BCUT2D eigenvalue weighted by Gasteiger charge is 2.14. The van der Waals surface area contributed by atoms with E-state index in [2.05, 4.69) is 20.3 Å². The molecule has 0 aliphatic rings. The minimum Gasteiger partial charge on any atom is -0.506 e. The van der Waals surface area contributed by atoms with E-state index in [1.807, 2.05) is 20.2 Å². The molecular formula is C13H18N6O. The van der Waals surface area contributed by atoms with Gasteiger partial charge in [-0.3, -0.25) is 0 Å². The first-order valence-corrected chi connectivity index (χ1v) is 6.16. The smallest absolute Gasteiger partial charge is 0.236 e. The zero-order valence-electron chi connectivity index (χ0n) is 12.0. The van der Waals surface area contributed by atoms with Crippen LogP contribution >= 0.6 is 0 Å². The fourth-order valence-corrected chi connectivity index (χ4v) is 1.67. The number of hydrogen-bond donors (Lipinski definition) is 2. The van der Waals surface area contributed by atoms with Crippen LogP contribution in [0, 0.1) is 0 Å². The van der Waals surface area contributed by atoms with Gasteiger partial charge in [0, 0.05) is 28.2 Å². The van der Waals surface area contributed by atoms with Crippen LogP contribution in [0.2, 0.25) is 0 Å². The van der Waals surface area contributed by atoms with Crippen LogP contribution in [-0.4, -0.2) is 48.2 Å². The monoisotopic (exact) mass is 274 g/mol. The van der Waals surface area contributed by atoms with Crippen molar-refractivity contribution in [3.8, 4) is 5.75 Å². The first kappa shape index (κ1) is 13.9. The van der Waals surface area contributed by atoms with Gasteiger partial charge in [-0.1, -0.05) is 12.1 Å².